The normalized spacial score (nSPS) is 25.4. The summed E-state index contributed by atoms with van der Waals surface area (Å²) >= 11 is 7.42. The summed E-state index contributed by atoms with van der Waals surface area (Å²) in [6, 6.07) is 7.81. The van der Waals surface area contributed by atoms with Crippen molar-refractivity contribution in [2.75, 3.05) is 32.2 Å². The summed E-state index contributed by atoms with van der Waals surface area (Å²) in [6.07, 6.45) is 3.04. The molecule has 1 aromatic rings. The molecule has 6 heteroatoms. The topological polar surface area (TPSA) is 47.6 Å². The number of hydrogen-bond donors (Lipinski definition) is 1. The van der Waals surface area contributed by atoms with Crippen LogP contribution in [0, 0.1) is 11.8 Å². The molecule has 0 radical (unpaired) electrons. The van der Waals surface area contributed by atoms with E-state index < -0.39 is 0 Å². The second-order valence-electron chi connectivity index (χ2n) is 6.39. The molecule has 2 saturated heterocycles. The number of hydrogen-bond acceptors (Lipinski definition) is 4. The third kappa shape index (κ3) is 5.12. The summed E-state index contributed by atoms with van der Waals surface area (Å²) in [4.78, 5) is 13.4. The number of nitrogens with one attached hydrogen (secondary N) is 1. The van der Waals surface area contributed by atoms with Gasteiger partial charge in [0, 0.05) is 41.7 Å². The van der Waals surface area contributed by atoms with Gasteiger partial charge in [-0.15, -0.1) is 11.8 Å². The van der Waals surface area contributed by atoms with Crippen molar-refractivity contribution in [1.29, 1.82) is 0 Å². The molecule has 0 saturated carbocycles. The summed E-state index contributed by atoms with van der Waals surface area (Å²) in [5, 5.41) is 3.95. The lowest BCUT2D eigenvalue weighted by Gasteiger charge is -2.39. The van der Waals surface area contributed by atoms with Gasteiger partial charge in [0.05, 0.1) is 12.4 Å². The van der Waals surface area contributed by atoms with Crippen molar-refractivity contribution in [2.45, 2.75) is 30.2 Å². The third-order valence-corrected chi connectivity index (χ3v) is 6.07. The number of amides is 1. The van der Waals surface area contributed by atoms with E-state index >= 15 is 0 Å². The van der Waals surface area contributed by atoms with Crippen LogP contribution in [0.3, 0.4) is 0 Å². The van der Waals surface area contributed by atoms with Gasteiger partial charge in [0.2, 0.25) is 5.91 Å². The Morgan fingerprint density at radius 3 is 2.58 bits per heavy atom. The first-order valence-electron chi connectivity index (χ1n) is 8.55. The highest BCUT2D eigenvalue weighted by atomic mass is 35.5. The fourth-order valence-electron chi connectivity index (χ4n) is 3.48. The Bertz CT molecular complexity index is 534. The highest BCUT2D eigenvalue weighted by Gasteiger charge is 2.34. The first-order chi connectivity index (χ1) is 11.7. The van der Waals surface area contributed by atoms with Crippen LogP contribution in [0.5, 0.6) is 0 Å². The molecule has 3 rings (SSSR count). The van der Waals surface area contributed by atoms with Gasteiger partial charge in [-0.2, -0.15) is 0 Å². The van der Waals surface area contributed by atoms with Crippen LogP contribution in [0.2, 0.25) is 5.02 Å². The van der Waals surface area contributed by atoms with Crippen LogP contribution in [0.15, 0.2) is 29.2 Å². The van der Waals surface area contributed by atoms with Crippen LogP contribution in [0.4, 0.5) is 0 Å². The fraction of sp³-hybridized carbons (Fsp3) is 0.611. The zero-order valence-corrected chi connectivity index (χ0v) is 15.3. The average Bonchev–Trinajstić information content (AvgIpc) is 2.62. The molecule has 2 atom stereocenters. The SMILES string of the molecule is O=C(CSc1ccc(Cl)cc1)N[C@H]1CCOC[C@H]1C1CCOCC1. The molecule has 132 valence electrons. The van der Waals surface area contributed by atoms with Crippen LogP contribution < -0.4 is 5.32 Å². The number of carbonyl (C=O) groups is 1. The van der Waals surface area contributed by atoms with Crippen molar-refractivity contribution in [3.8, 4) is 0 Å². The number of ether oxygens (including phenoxy) is 2. The van der Waals surface area contributed by atoms with Crippen LogP contribution >= 0.6 is 23.4 Å². The summed E-state index contributed by atoms with van der Waals surface area (Å²) in [6.45, 7) is 3.14. The Kier molecular flexibility index (Phi) is 6.84. The van der Waals surface area contributed by atoms with Gasteiger partial charge in [-0.25, -0.2) is 0 Å². The molecule has 1 N–H and O–H groups in total. The van der Waals surface area contributed by atoms with Crippen LogP contribution in [0.1, 0.15) is 19.3 Å². The molecule has 1 aromatic carbocycles. The van der Waals surface area contributed by atoms with Crippen LogP contribution in [0.25, 0.3) is 0 Å². The first kappa shape index (κ1) is 18.1. The largest absolute Gasteiger partial charge is 0.381 e. The number of carbonyl (C=O) groups excluding carboxylic acids is 1. The van der Waals surface area contributed by atoms with Gasteiger partial charge in [-0.1, -0.05) is 11.6 Å². The Balaban J connectivity index is 1.50. The van der Waals surface area contributed by atoms with Gasteiger partial charge in [-0.3, -0.25) is 4.79 Å². The quantitative estimate of drug-likeness (QED) is 0.808. The third-order valence-electron chi connectivity index (χ3n) is 4.80. The molecule has 0 aliphatic carbocycles. The smallest absolute Gasteiger partial charge is 0.230 e. The molecular formula is C18H24ClNO3S. The molecule has 0 unspecified atom stereocenters. The summed E-state index contributed by atoms with van der Waals surface area (Å²) < 4.78 is 11.1. The second kappa shape index (κ2) is 9.09. The number of rotatable bonds is 5. The Hall–Kier alpha value is -0.750. The summed E-state index contributed by atoms with van der Waals surface area (Å²) in [7, 11) is 0. The van der Waals surface area contributed by atoms with E-state index in [-0.39, 0.29) is 11.9 Å². The monoisotopic (exact) mass is 369 g/mol. The molecule has 0 spiro atoms. The average molecular weight is 370 g/mol. The maximum Gasteiger partial charge on any atom is 0.230 e. The molecule has 2 aliphatic rings. The minimum Gasteiger partial charge on any atom is -0.381 e. The molecular weight excluding hydrogens is 346 g/mol. The first-order valence-corrected chi connectivity index (χ1v) is 9.92. The zero-order valence-electron chi connectivity index (χ0n) is 13.7. The predicted molar refractivity (Wildman–Crippen MR) is 96.6 cm³/mol. The van der Waals surface area contributed by atoms with Gasteiger partial charge in [0.1, 0.15) is 0 Å². The summed E-state index contributed by atoms with van der Waals surface area (Å²) in [5.74, 6) is 1.53. The van der Waals surface area contributed by atoms with Gasteiger partial charge in [0.15, 0.2) is 0 Å². The molecule has 2 heterocycles. The van der Waals surface area contributed by atoms with E-state index in [9.17, 15) is 4.79 Å². The van der Waals surface area contributed by atoms with Gasteiger partial charge < -0.3 is 14.8 Å². The molecule has 0 bridgehead atoms. The van der Waals surface area contributed by atoms with E-state index in [0.717, 1.165) is 50.6 Å². The van der Waals surface area contributed by atoms with Crippen molar-refractivity contribution < 1.29 is 14.3 Å². The maximum absolute atomic E-state index is 12.4. The molecule has 1 amide bonds. The van der Waals surface area contributed by atoms with Gasteiger partial charge in [0.25, 0.3) is 0 Å². The minimum atomic E-state index is 0.0962. The minimum absolute atomic E-state index is 0.0962. The molecule has 4 nitrogen and oxygen atoms in total. The Labute approximate surface area is 152 Å². The van der Waals surface area contributed by atoms with E-state index in [1.807, 2.05) is 24.3 Å². The Morgan fingerprint density at radius 2 is 1.83 bits per heavy atom. The van der Waals surface area contributed by atoms with E-state index in [1.54, 1.807) is 11.8 Å². The molecule has 24 heavy (non-hydrogen) atoms. The van der Waals surface area contributed by atoms with E-state index in [1.165, 1.54) is 0 Å². The van der Waals surface area contributed by atoms with E-state index in [0.29, 0.717) is 22.6 Å². The zero-order chi connectivity index (χ0) is 16.8. The second-order valence-corrected chi connectivity index (χ2v) is 7.88. The van der Waals surface area contributed by atoms with Crippen molar-refractivity contribution in [1.82, 2.24) is 5.32 Å². The van der Waals surface area contributed by atoms with Crippen LogP contribution in [-0.4, -0.2) is 44.1 Å². The predicted octanol–water partition coefficient (Wildman–Crippen LogP) is 3.38. The summed E-state index contributed by atoms with van der Waals surface area (Å²) in [5.41, 5.74) is 0. The maximum atomic E-state index is 12.4. The highest BCUT2D eigenvalue weighted by Crippen LogP contribution is 2.30. The fourth-order valence-corrected chi connectivity index (χ4v) is 4.31. The standard InChI is InChI=1S/C18H24ClNO3S/c19-14-1-3-15(4-2-14)24-12-18(21)20-17-7-10-23-11-16(17)13-5-8-22-9-6-13/h1-4,13,16-17H,5-12H2,(H,20,21)/t16-,17-/m0/s1. The van der Waals surface area contributed by atoms with Crippen molar-refractivity contribution in [3.63, 3.8) is 0 Å². The lowest BCUT2D eigenvalue weighted by Crippen LogP contribution is -2.49. The lowest BCUT2D eigenvalue weighted by molar-refractivity contribution is -0.121. The van der Waals surface area contributed by atoms with E-state index in [4.69, 9.17) is 21.1 Å². The number of benzene rings is 1. The van der Waals surface area contributed by atoms with Crippen LogP contribution in [-0.2, 0) is 14.3 Å². The molecule has 2 fully saturated rings. The van der Waals surface area contributed by atoms with Crippen molar-refractivity contribution >= 4 is 29.3 Å². The van der Waals surface area contributed by atoms with Gasteiger partial charge in [-0.05, 0) is 49.4 Å². The molecule has 0 aromatic heterocycles. The lowest BCUT2D eigenvalue weighted by atomic mass is 9.79. The number of thioether (sulfide) groups is 1. The number of halogens is 1. The molecule has 2 aliphatic heterocycles. The highest BCUT2D eigenvalue weighted by molar-refractivity contribution is 8.00. The van der Waals surface area contributed by atoms with Crippen molar-refractivity contribution in [3.05, 3.63) is 29.3 Å². The van der Waals surface area contributed by atoms with Crippen molar-refractivity contribution in [2.24, 2.45) is 11.8 Å². The Morgan fingerprint density at radius 1 is 1.12 bits per heavy atom. The van der Waals surface area contributed by atoms with Gasteiger partial charge >= 0.3 is 0 Å². The van der Waals surface area contributed by atoms with E-state index in [2.05, 4.69) is 5.32 Å².